The Morgan fingerprint density at radius 3 is 1.76 bits per heavy atom. The standard InChI is InChI=1S/C28H37O4P/c1-29-23-14-9-15-24(30-2)28(23)22-18-25-26(32-17-16-31-25)19-27(22)33(20-10-5-3-6-11-20)21-12-7-4-8-13-21/h9,14-15,18-21H,3-8,10-13,16-17H2,1-2H3. The molecule has 1 heterocycles. The highest BCUT2D eigenvalue weighted by molar-refractivity contribution is 7.67. The molecule has 0 saturated heterocycles. The lowest BCUT2D eigenvalue weighted by Gasteiger charge is -2.40. The van der Waals surface area contributed by atoms with Crippen LogP contribution in [0, 0.1) is 0 Å². The van der Waals surface area contributed by atoms with Crippen LogP contribution in [-0.2, 0) is 0 Å². The summed E-state index contributed by atoms with van der Waals surface area (Å²) >= 11 is 0. The van der Waals surface area contributed by atoms with Crippen LogP contribution < -0.4 is 24.3 Å². The molecule has 5 rings (SSSR count). The third kappa shape index (κ3) is 4.69. The van der Waals surface area contributed by atoms with E-state index < -0.39 is 0 Å². The molecule has 1 aliphatic heterocycles. The van der Waals surface area contributed by atoms with Gasteiger partial charge in [-0.25, -0.2) is 0 Å². The van der Waals surface area contributed by atoms with E-state index >= 15 is 0 Å². The summed E-state index contributed by atoms with van der Waals surface area (Å²) in [4.78, 5) is 0. The fraction of sp³-hybridized carbons (Fsp3) is 0.571. The molecule has 0 radical (unpaired) electrons. The Morgan fingerprint density at radius 1 is 0.727 bits per heavy atom. The lowest BCUT2D eigenvalue weighted by Crippen LogP contribution is -2.28. The van der Waals surface area contributed by atoms with Gasteiger partial charge in [-0.05, 0) is 66.6 Å². The predicted molar refractivity (Wildman–Crippen MR) is 136 cm³/mol. The summed E-state index contributed by atoms with van der Waals surface area (Å²) in [5.41, 5.74) is 3.85. The second-order valence-electron chi connectivity index (χ2n) is 9.54. The molecule has 0 amide bonds. The Labute approximate surface area is 199 Å². The van der Waals surface area contributed by atoms with Crippen molar-refractivity contribution in [1.29, 1.82) is 0 Å². The molecule has 5 heteroatoms. The summed E-state index contributed by atoms with van der Waals surface area (Å²) in [5, 5.41) is 1.47. The zero-order chi connectivity index (χ0) is 22.6. The first-order valence-electron chi connectivity index (χ1n) is 12.7. The highest BCUT2D eigenvalue weighted by Crippen LogP contribution is 2.58. The van der Waals surface area contributed by atoms with E-state index in [1.54, 1.807) is 14.2 Å². The van der Waals surface area contributed by atoms with Crippen molar-refractivity contribution >= 4 is 13.2 Å². The van der Waals surface area contributed by atoms with Crippen molar-refractivity contribution in [1.82, 2.24) is 0 Å². The summed E-state index contributed by atoms with van der Waals surface area (Å²) < 4.78 is 23.9. The molecule has 0 aromatic heterocycles. The topological polar surface area (TPSA) is 36.9 Å². The maximum atomic E-state index is 6.12. The van der Waals surface area contributed by atoms with Gasteiger partial charge in [0.1, 0.15) is 24.7 Å². The van der Waals surface area contributed by atoms with Gasteiger partial charge in [0, 0.05) is 5.56 Å². The first-order valence-corrected chi connectivity index (χ1v) is 14.2. The molecular weight excluding hydrogens is 431 g/mol. The Hall–Kier alpha value is -1.93. The van der Waals surface area contributed by atoms with E-state index in [9.17, 15) is 0 Å². The molecule has 178 valence electrons. The largest absolute Gasteiger partial charge is 0.496 e. The average molecular weight is 469 g/mol. The molecule has 0 N–H and O–H groups in total. The van der Waals surface area contributed by atoms with Gasteiger partial charge in [0.05, 0.1) is 19.8 Å². The quantitative estimate of drug-likeness (QED) is 0.432. The van der Waals surface area contributed by atoms with Crippen molar-refractivity contribution in [3.8, 4) is 34.1 Å². The van der Waals surface area contributed by atoms with Gasteiger partial charge in [0.2, 0.25) is 0 Å². The number of rotatable bonds is 6. The zero-order valence-corrected chi connectivity index (χ0v) is 21.0. The minimum atomic E-state index is -0.333. The molecule has 3 aliphatic rings. The van der Waals surface area contributed by atoms with E-state index in [0.717, 1.165) is 39.9 Å². The van der Waals surface area contributed by atoms with E-state index in [4.69, 9.17) is 18.9 Å². The second-order valence-corrected chi connectivity index (χ2v) is 12.3. The Balaban J connectivity index is 1.71. The van der Waals surface area contributed by atoms with Gasteiger partial charge in [-0.3, -0.25) is 0 Å². The lowest BCUT2D eigenvalue weighted by atomic mass is 9.99. The minimum Gasteiger partial charge on any atom is -0.496 e. The Bertz CT molecular complexity index is 907. The molecule has 33 heavy (non-hydrogen) atoms. The maximum Gasteiger partial charge on any atom is 0.162 e. The van der Waals surface area contributed by atoms with Crippen LogP contribution in [-0.4, -0.2) is 38.8 Å². The number of hydrogen-bond acceptors (Lipinski definition) is 4. The van der Waals surface area contributed by atoms with Gasteiger partial charge >= 0.3 is 0 Å². The first kappa shape index (κ1) is 22.8. The van der Waals surface area contributed by atoms with Gasteiger partial charge < -0.3 is 18.9 Å². The SMILES string of the molecule is COc1cccc(OC)c1-c1cc2c(cc1P(C1CCCCC1)C1CCCCC1)OCCO2. The van der Waals surface area contributed by atoms with Crippen LogP contribution in [0.5, 0.6) is 23.0 Å². The number of benzene rings is 2. The molecule has 2 fully saturated rings. The fourth-order valence-corrected chi connectivity index (χ4v) is 9.97. The highest BCUT2D eigenvalue weighted by atomic mass is 31.1. The van der Waals surface area contributed by atoms with E-state index in [1.807, 2.05) is 18.2 Å². The monoisotopic (exact) mass is 468 g/mol. The lowest BCUT2D eigenvalue weighted by molar-refractivity contribution is 0.172. The van der Waals surface area contributed by atoms with Crippen LogP contribution >= 0.6 is 7.92 Å². The minimum absolute atomic E-state index is 0.333. The normalized spacial score (nSPS) is 19.5. The summed E-state index contributed by atoms with van der Waals surface area (Å²) in [6.07, 6.45) is 13.7. The van der Waals surface area contributed by atoms with Crippen molar-refractivity contribution < 1.29 is 18.9 Å². The van der Waals surface area contributed by atoms with Gasteiger partial charge in [-0.2, -0.15) is 0 Å². The van der Waals surface area contributed by atoms with Gasteiger partial charge in [0.15, 0.2) is 11.5 Å². The molecule has 2 aliphatic carbocycles. The number of hydrogen-bond donors (Lipinski definition) is 0. The molecular formula is C28H37O4P. The second kappa shape index (κ2) is 10.6. The predicted octanol–water partition coefficient (Wildman–Crippen LogP) is 6.91. The van der Waals surface area contributed by atoms with Crippen molar-refractivity contribution in [3.05, 3.63) is 30.3 Å². The van der Waals surface area contributed by atoms with Gasteiger partial charge in [-0.1, -0.05) is 52.5 Å². The highest BCUT2D eigenvalue weighted by Gasteiger charge is 2.35. The average Bonchev–Trinajstić information content (AvgIpc) is 2.89. The molecule has 2 saturated carbocycles. The molecule has 4 nitrogen and oxygen atoms in total. The third-order valence-corrected chi connectivity index (χ3v) is 11.1. The summed E-state index contributed by atoms with van der Waals surface area (Å²) in [6.45, 7) is 1.21. The van der Waals surface area contributed by atoms with Crippen molar-refractivity contribution in [2.45, 2.75) is 75.5 Å². The maximum absolute atomic E-state index is 6.12. The summed E-state index contributed by atoms with van der Waals surface area (Å²) in [7, 11) is 3.17. The van der Waals surface area contributed by atoms with Crippen LogP contribution in [0.15, 0.2) is 30.3 Å². The third-order valence-electron chi connectivity index (χ3n) is 7.57. The van der Waals surface area contributed by atoms with Crippen LogP contribution in [0.4, 0.5) is 0 Å². The smallest absolute Gasteiger partial charge is 0.162 e. The molecule has 0 bridgehead atoms. The van der Waals surface area contributed by atoms with Crippen LogP contribution in [0.3, 0.4) is 0 Å². The van der Waals surface area contributed by atoms with Crippen LogP contribution in [0.25, 0.3) is 11.1 Å². The molecule has 0 atom stereocenters. The first-order chi connectivity index (χ1) is 16.3. The van der Waals surface area contributed by atoms with Crippen molar-refractivity contribution in [2.75, 3.05) is 27.4 Å². The number of fused-ring (bicyclic) bond motifs is 1. The van der Waals surface area contributed by atoms with Crippen LogP contribution in [0.2, 0.25) is 0 Å². The van der Waals surface area contributed by atoms with E-state index in [2.05, 4.69) is 12.1 Å². The fourth-order valence-electron chi connectivity index (χ4n) is 6.02. The molecule has 2 aromatic carbocycles. The van der Waals surface area contributed by atoms with Crippen LogP contribution in [0.1, 0.15) is 64.2 Å². The van der Waals surface area contributed by atoms with E-state index in [0.29, 0.717) is 13.2 Å². The van der Waals surface area contributed by atoms with E-state index in [-0.39, 0.29) is 7.92 Å². The number of methoxy groups -OCH3 is 2. The Kier molecular flexibility index (Phi) is 7.30. The zero-order valence-electron chi connectivity index (χ0n) is 20.1. The molecule has 0 spiro atoms. The molecule has 0 unspecified atom stereocenters. The van der Waals surface area contributed by atoms with Crippen molar-refractivity contribution in [3.63, 3.8) is 0 Å². The van der Waals surface area contributed by atoms with E-state index in [1.165, 1.54) is 75.1 Å². The molecule has 2 aromatic rings. The summed E-state index contributed by atoms with van der Waals surface area (Å²) in [5.74, 6) is 3.47. The summed E-state index contributed by atoms with van der Waals surface area (Å²) in [6, 6.07) is 10.6. The van der Waals surface area contributed by atoms with Gasteiger partial charge in [0.25, 0.3) is 0 Å². The van der Waals surface area contributed by atoms with Gasteiger partial charge in [-0.15, -0.1) is 0 Å². The van der Waals surface area contributed by atoms with Crippen molar-refractivity contribution in [2.24, 2.45) is 0 Å². The Morgan fingerprint density at radius 2 is 1.24 bits per heavy atom. The number of ether oxygens (including phenoxy) is 4.